The zero-order valence-corrected chi connectivity index (χ0v) is 7.73. The molecule has 0 aromatic carbocycles. The Balaban J connectivity index is 3.18. The van der Waals surface area contributed by atoms with Crippen LogP contribution in [0.5, 0.6) is 5.88 Å². The molecule has 1 aromatic rings. The molecule has 0 unspecified atom stereocenters. The van der Waals surface area contributed by atoms with Gasteiger partial charge in [0.25, 0.3) is 0 Å². The molecule has 0 aliphatic carbocycles. The van der Waals surface area contributed by atoms with Crippen molar-refractivity contribution in [3.8, 4) is 11.9 Å². The van der Waals surface area contributed by atoms with Gasteiger partial charge in [-0.05, 0) is 6.07 Å². The van der Waals surface area contributed by atoms with Crippen LogP contribution >= 0.6 is 11.6 Å². The van der Waals surface area contributed by atoms with E-state index in [1.165, 1.54) is 6.07 Å². The predicted octanol–water partition coefficient (Wildman–Crippen LogP) is 2.09. The lowest BCUT2D eigenvalue weighted by molar-refractivity contribution is -0.276. The third-order valence-corrected chi connectivity index (χ3v) is 1.60. The van der Waals surface area contributed by atoms with Gasteiger partial charge in [-0.2, -0.15) is 10.2 Å². The number of anilines is 1. The first-order valence-electron chi connectivity index (χ1n) is 3.45. The summed E-state index contributed by atoms with van der Waals surface area (Å²) < 4.78 is 39.0. The monoisotopic (exact) mass is 237 g/mol. The van der Waals surface area contributed by atoms with Gasteiger partial charge in [0.05, 0.1) is 5.69 Å². The average molecular weight is 238 g/mol. The van der Waals surface area contributed by atoms with Crippen LogP contribution < -0.4 is 10.5 Å². The van der Waals surface area contributed by atoms with E-state index in [0.29, 0.717) is 0 Å². The number of aromatic nitrogens is 1. The lowest BCUT2D eigenvalue weighted by Crippen LogP contribution is -2.19. The summed E-state index contributed by atoms with van der Waals surface area (Å²) in [6.07, 6.45) is -4.93. The molecule has 1 rings (SSSR count). The molecular formula is C7H3ClF3N3O. The molecule has 8 heteroatoms. The van der Waals surface area contributed by atoms with Gasteiger partial charge in [-0.1, -0.05) is 11.6 Å². The minimum absolute atomic E-state index is 0.0947. The number of nitrogen functional groups attached to an aromatic ring is 1. The molecule has 80 valence electrons. The molecule has 0 amide bonds. The molecular weight excluding hydrogens is 235 g/mol. The van der Waals surface area contributed by atoms with Gasteiger partial charge in [-0.3, -0.25) is 0 Å². The summed E-state index contributed by atoms with van der Waals surface area (Å²) in [5.41, 5.74) is 4.72. The molecule has 1 heterocycles. The fraction of sp³-hybridized carbons (Fsp3) is 0.143. The molecule has 0 atom stereocenters. The Hall–Kier alpha value is -1.68. The topological polar surface area (TPSA) is 71.9 Å². The standard InChI is InChI=1S/C7H3ClF3N3O/c8-5-4(13)1-3(2-12)6(14-5)15-7(9,10)11/h1H,13H2. The number of alkyl halides is 3. The van der Waals surface area contributed by atoms with E-state index in [1.807, 2.05) is 0 Å². The maximum absolute atomic E-state index is 11.8. The second-order valence-corrected chi connectivity index (χ2v) is 2.74. The van der Waals surface area contributed by atoms with Crippen LogP contribution in [0.1, 0.15) is 5.56 Å². The molecule has 0 saturated carbocycles. The molecule has 0 aliphatic rings. The van der Waals surface area contributed by atoms with Crippen molar-refractivity contribution in [3.05, 3.63) is 16.8 Å². The predicted molar refractivity (Wildman–Crippen MR) is 45.1 cm³/mol. The highest BCUT2D eigenvalue weighted by atomic mass is 35.5. The lowest BCUT2D eigenvalue weighted by atomic mass is 10.3. The number of rotatable bonds is 1. The van der Waals surface area contributed by atoms with Gasteiger partial charge in [0, 0.05) is 0 Å². The first kappa shape index (κ1) is 11.4. The van der Waals surface area contributed by atoms with Gasteiger partial charge in [-0.25, -0.2) is 0 Å². The third-order valence-electron chi connectivity index (χ3n) is 1.30. The highest BCUT2D eigenvalue weighted by Crippen LogP contribution is 2.28. The number of nitriles is 1. The van der Waals surface area contributed by atoms with Crippen molar-refractivity contribution in [2.75, 3.05) is 5.73 Å². The second kappa shape index (κ2) is 3.82. The van der Waals surface area contributed by atoms with Crippen molar-refractivity contribution in [3.63, 3.8) is 0 Å². The summed E-state index contributed by atoms with van der Waals surface area (Å²) in [7, 11) is 0. The number of hydrogen-bond donors (Lipinski definition) is 1. The van der Waals surface area contributed by atoms with E-state index < -0.39 is 17.8 Å². The van der Waals surface area contributed by atoms with Gasteiger partial charge < -0.3 is 10.5 Å². The Morgan fingerprint density at radius 2 is 2.13 bits per heavy atom. The Kier molecular flexibility index (Phi) is 2.90. The van der Waals surface area contributed by atoms with Gasteiger partial charge >= 0.3 is 6.36 Å². The number of halogens is 4. The zero-order valence-electron chi connectivity index (χ0n) is 6.97. The van der Waals surface area contributed by atoms with Crippen LogP contribution in [0.3, 0.4) is 0 Å². The summed E-state index contributed by atoms with van der Waals surface area (Å²) in [6.45, 7) is 0. The minimum atomic E-state index is -4.93. The van der Waals surface area contributed by atoms with E-state index in [4.69, 9.17) is 22.6 Å². The number of hydrogen-bond acceptors (Lipinski definition) is 4. The van der Waals surface area contributed by atoms with Crippen LogP contribution in [-0.4, -0.2) is 11.3 Å². The van der Waals surface area contributed by atoms with E-state index in [2.05, 4.69) is 9.72 Å². The van der Waals surface area contributed by atoms with Crippen molar-refractivity contribution in [2.45, 2.75) is 6.36 Å². The fourth-order valence-corrected chi connectivity index (χ4v) is 0.890. The van der Waals surface area contributed by atoms with Crippen molar-refractivity contribution in [2.24, 2.45) is 0 Å². The molecule has 0 fully saturated rings. The van der Waals surface area contributed by atoms with Gasteiger partial charge in [-0.15, -0.1) is 13.2 Å². The SMILES string of the molecule is N#Cc1cc(N)c(Cl)nc1OC(F)(F)F. The molecule has 0 saturated heterocycles. The molecule has 0 radical (unpaired) electrons. The van der Waals surface area contributed by atoms with E-state index in [-0.39, 0.29) is 10.8 Å². The normalized spacial score (nSPS) is 10.9. The van der Waals surface area contributed by atoms with Gasteiger partial charge in [0.15, 0.2) is 5.15 Å². The van der Waals surface area contributed by atoms with E-state index in [9.17, 15) is 13.2 Å². The molecule has 1 aromatic heterocycles. The average Bonchev–Trinajstić information content (AvgIpc) is 2.08. The van der Waals surface area contributed by atoms with Crippen LogP contribution in [0.2, 0.25) is 5.15 Å². The molecule has 0 spiro atoms. The van der Waals surface area contributed by atoms with Crippen LogP contribution in [-0.2, 0) is 0 Å². The van der Waals surface area contributed by atoms with E-state index in [0.717, 1.165) is 6.07 Å². The first-order chi connectivity index (χ1) is 6.83. The van der Waals surface area contributed by atoms with Crippen molar-refractivity contribution >= 4 is 17.3 Å². The Morgan fingerprint density at radius 3 is 2.60 bits per heavy atom. The second-order valence-electron chi connectivity index (χ2n) is 2.38. The van der Waals surface area contributed by atoms with E-state index >= 15 is 0 Å². The van der Waals surface area contributed by atoms with Crippen LogP contribution in [0.25, 0.3) is 0 Å². The van der Waals surface area contributed by atoms with Crippen LogP contribution in [0.4, 0.5) is 18.9 Å². The summed E-state index contributed by atoms with van der Waals surface area (Å²) in [5.74, 6) is -0.913. The number of nitrogens with two attached hydrogens (primary N) is 1. The maximum Gasteiger partial charge on any atom is 0.574 e. The summed E-state index contributed by atoms with van der Waals surface area (Å²) in [6, 6.07) is 2.41. The maximum atomic E-state index is 11.8. The molecule has 4 nitrogen and oxygen atoms in total. The number of ether oxygens (including phenoxy) is 1. The minimum Gasteiger partial charge on any atom is -0.396 e. The van der Waals surface area contributed by atoms with Gasteiger partial charge in [0.1, 0.15) is 11.6 Å². The Labute approximate surface area is 87.0 Å². The first-order valence-corrected chi connectivity index (χ1v) is 3.83. The Bertz CT molecular complexity index is 427. The zero-order chi connectivity index (χ0) is 11.6. The smallest absolute Gasteiger partial charge is 0.396 e. The van der Waals surface area contributed by atoms with E-state index in [1.54, 1.807) is 0 Å². The molecule has 0 bridgehead atoms. The number of pyridine rings is 1. The van der Waals surface area contributed by atoms with Crippen molar-refractivity contribution < 1.29 is 17.9 Å². The largest absolute Gasteiger partial charge is 0.574 e. The number of nitrogens with zero attached hydrogens (tertiary/aromatic N) is 2. The quantitative estimate of drug-likeness (QED) is 0.759. The molecule has 15 heavy (non-hydrogen) atoms. The summed E-state index contributed by atoms with van der Waals surface area (Å²) in [4.78, 5) is 3.20. The highest BCUT2D eigenvalue weighted by Gasteiger charge is 2.33. The molecule has 2 N–H and O–H groups in total. The molecule has 0 aliphatic heterocycles. The van der Waals surface area contributed by atoms with Crippen LogP contribution in [0.15, 0.2) is 6.07 Å². The third kappa shape index (κ3) is 2.89. The fourth-order valence-electron chi connectivity index (χ4n) is 0.758. The highest BCUT2D eigenvalue weighted by molar-refractivity contribution is 6.31. The van der Waals surface area contributed by atoms with Crippen molar-refractivity contribution in [1.82, 2.24) is 4.98 Å². The summed E-state index contributed by atoms with van der Waals surface area (Å²) >= 11 is 5.38. The summed E-state index contributed by atoms with van der Waals surface area (Å²) in [5, 5.41) is 8.14. The van der Waals surface area contributed by atoms with Crippen molar-refractivity contribution in [1.29, 1.82) is 5.26 Å². The lowest BCUT2D eigenvalue weighted by Gasteiger charge is -2.09. The Morgan fingerprint density at radius 1 is 1.53 bits per heavy atom. The van der Waals surface area contributed by atoms with Gasteiger partial charge in [0.2, 0.25) is 5.88 Å². The van der Waals surface area contributed by atoms with Crippen LogP contribution in [0, 0.1) is 11.3 Å².